The van der Waals surface area contributed by atoms with Crippen LogP contribution in [0.1, 0.15) is 30.4 Å². The summed E-state index contributed by atoms with van der Waals surface area (Å²) in [5.74, 6) is 1.51. The van der Waals surface area contributed by atoms with Gasteiger partial charge in [-0.2, -0.15) is 0 Å². The van der Waals surface area contributed by atoms with Crippen molar-refractivity contribution in [2.75, 3.05) is 32.9 Å². The summed E-state index contributed by atoms with van der Waals surface area (Å²) >= 11 is 0. The number of hydrogen-bond donors (Lipinski definition) is 1. The zero-order chi connectivity index (χ0) is 16.2. The fourth-order valence-electron chi connectivity index (χ4n) is 3.24. The molecule has 1 heterocycles. The Hall–Kier alpha value is -1.10. The van der Waals surface area contributed by atoms with E-state index >= 15 is 0 Å². The van der Waals surface area contributed by atoms with Crippen molar-refractivity contribution in [3.05, 3.63) is 29.3 Å². The minimum Gasteiger partial charge on any atom is -0.491 e. The molecule has 128 valence electrons. The van der Waals surface area contributed by atoms with E-state index in [9.17, 15) is 5.11 Å². The zero-order valence-electron chi connectivity index (χ0n) is 14.3. The smallest absolute Gasteiger partial charge is 0.122 e. The summed E-state index contributed by atoms with van der Waals surface area (Å²) in [6.45, 7) is 7.96. The maximum atomic E-state index is 10.4. The Morgan fingerprint density at radius 3 is 2.83 bits per heavy atom. The molecule has 0 radical (unpaired) electrons. The first kappa shape index (κ1) is 16.7. The summed E-state index contributed by atoms with van der Waals surface area (Å²) in [4.78, 5) is 2.44. The normalized spacial score (nSPS) is 22.5. The molecule has 2 fully saturated rings. The van der Waals surface area contributed by atoms with Gasteiger partial charge in [-0.15, -0.1) is 0 Å². The first-order valence-corrected chi connectivity index (χ1v) is 8.81. The van der Waals surface area contributed by atoms with Crippen molar-refractivity contribution in [2.45, 2.75) is 45.3 Å². The van der Waals surface area contributed by atoms with Gasteiger partial charge in [0.15, 0.2) is 0 Å². The first-order valence-electron chi connectivity index (χ1n) is 8.81. The minimum absolute atomic E-state index is 0.356. The van der Waals surface area contributed by atoms with Crippen LogP contribution in [0, 0.1) is 19.8 Å². The summed E-state index contributed by atoms with van der Waals surface area (Å²) in [5.41, 5.74) is 2.30. The molecular formula is C19H29NO3. The number of rotatable bonds is 8. The fraction of sp³-hybridized carbons (Fsp3) is 0.684. The zero-order valence-corrected chi connectivity index (χ0v) is 14.3. The highest BCUT2D eigenvalue weighted by Crippen LogP contribution is 2.29. The molecule has 0 amide bonds. The Kier molecular flexibility index (Phi) is 5.57. The summed E-state index contributed by atoms with van der Waals surface area (Å²) in [5, 5.41) is 10.4. The number of ether oxygens (including phenoxy) is 2. The van der Waals surface area contributed by atoms with E-state index in [0.717, 1.165) is 37.5 Å². The molecule has 2 unspecified atom stereocenters. The van der Waals surface area contributed by atoms with Gasteiger partial charge in [0.1, 0.15) is 18.5 Å². The molecule has 1 saturated carbocycles. The molecule has 3 rings (SSSR count). The molecule has 23 heavy (non-hydrogen) atoms. The third-order valence-corrected chi connectivity index (χ3v) is 4.80. The van der Waals surface area contributed by atoms with Crippen molar-refractivity contribution < 1.29 is 14.6 Å². The monoisotopic (exact) mass is 319 g/mol. The summed E-state index contributed by atoms with van der Waals surface area (Å²) < 4.78 is 11.3. The van der Waals surface area contributed by atoms with Crippen LogP contribution in [0.5, 0.6) is 5.75 Å². The Balaban J connectivity index is 1.48. The Morgan fingerprint density at radius 2 is 2.13 bits per heavy atom. The van der Waals surface area contributed by atoms with E-state index in [1.165, 1.54) is 18.4 Å². The molecule has 4 nitrogen and oxygen atoms in total. The lowest BCUT2D eigenvalue weighted by Crippen LogP contribution is -2.40. The molecular weight excluding hydrogens is 290 g/mol. The highest BCUT2D eigenvalue weighted by molar-refractivity contribution is 5.35. The topological polar surface area (TPSA) is 41.9 Å². The highest BCUT2D eigenvalue weighted by atomic mass is 16.5. The lowest BCUT2D eigenvalue weighted by Gasteiger charge is -2.27. The number of benzene rings is 1. The van der Waals surface area contributed by atoms with Gasteiger partial charge in [0.05, 0.1) is 6.61 Å². The second-order valence-electron chi connectivity index (χ2n) is 7.15. The average molecular weight is 319 g/mol. The minimum atomic E-state index is -0.446. The average Bonchev–Trinajstić information content (AvgIpc) is 3.25. The van der Waals surface area contributed by atoms with Gasteiger partial charge in [-0.25, -0.2) is 0 Å². The molecule has 1 aliphatic carbocycles. The Morgan fingerprint density at radius 1 is 1.30 bits per heavy atom. The number of aliphatic hydroxyl groups excluding tert-OH is 1. The molecule has 1 N–H and O–H groups in total. The van der Waals surface area contributed by atoms with Crippen LogP contribution in [0.15, 0.2) is 18.2 Å². The number of aryl methyl sites for hydroxylation is 2. The van der Waals surface area contributed by atoms with E-state index in [-0.39, 0.29) is 0 Å². The van der Waals surface area contributed by atoms with E-state index in [2.05, 4.69) is 24.0 Å². The quantitative estimate of drug-likeness (QED) is 0.799. The standard InChI is InChI=1S/C19H29NO3/c1-14-3-4-15(2)19(9-14)23-13-18(21)11-20(17-5-6-17)10-16-7-8-22-12-16/h3-4,9,16-18,21H,5-8,10-13H2,1-2H3. The van der Waals surface area contributed by atoms with E-state index in [1.54, 1.807) is 0 Å². The van der Waals surface area contributed by atoms with Gasteiger partial charge < -0.3 is 14.6 Å². The van der Waals surface area contributed by atoms with Gasteiger partial charge in [0, 0.05) is 25.7 Å². The van der Waals surface area contributed by atoms with Crippen molar-refractivity contribution in [2.24, 2.45) is 5.92 Å². The predicted octanol–water partition coefficient (Wildman–Crippen LogP) is 2.54. The lowest BCUT2D eigenvalue weighted by atomic mass is 10.1. The fourth-order valence-corrected chi connectivity index (χ4v) is 3.24. The molecule has 2 aliphatic rings. The SMILES string of the molecule is Cc1ccc(C)c(OCC(O)CN(CC2CCOC2)C2CC2)c1. The van der Waals surface area contributed by atoms with Gasteiger partial charge in [-0.3, -0.25) is 4.90 Å². The van der Waals surface area contributed by atoms with E-state index in [1.807, 2.05) is 13.0 Å². The second kappa shape index (κ2) is 7.65. The van der Waals surface area contributed by atoms with Crippen molar-refractivity contribution in [1.82, 2.24) is 4.90 Å². The van der Waals surface area contributed by atoms with Crippen LogP contribution in [-0.4, -0.2) is 55.1 Å². The molecule has 0 bridgehead atoms. The third-order valence-electron chi connectivity index (χ3n) is 4.80. The van der Waals surface area contributed by atoms with Gasteiger partial charge in [0.25, 0.3) is 0 Å². The first-order chi connectivity index (χ1) is 11.1. The largest absolute Gasteiger partial charge is 0.491 e. The van der Waals surface area contributed by atoms with Crippen molar-refractivity contribution in [1.29, 1.82) is 0 Å². The lowest BCUT2D eigenvalue weighted by molar-refractivity contribution is 0.0578. The maximum absolute atomic E-state index is 10.4. The van der Waals surface area contributed by atoms with Gasteiger partial charge in [-0.1, -0.05) is 12.1 Å². The van der Waals surface area contributed by atoms with Crippen LogP contribution in [0.2, 0.25) is 0 Å². The molecule has 4 heteroatoms. The molecule has 2 atom stereocenters. The second-order valence-corrected chi connectivity index (χ2v) is 7.15. The van der Waals surface area contributed by atoms with Crippen LogP contribution in [0.4, 0.5) is 0 Å². The van der Waals surface area contributed by atoms with Gasteiger partial charge >= 0.3 is 0 Å². The Bertz CT molecular complexity index is 509. The molecule has 1 saturated heterocycles. The van der Waals surface area contributed by atoms with Gasteiger partial charge in [-0.05, 0) is 56.2 Å². The molecule has 1 aromatic rings. The number of hydrogen-bond acceptors (Lipinski definition) is 4. The molecule has 0 spiro atoms. The van der Waals surface area contributed by atoms with Crippen LogP contribution < -0.4 is 4.74 Å². The van der Waals surface area contributed by atoms with E-state index in [4.69, 9.17) is 9.47 Å². The highest BCUT2D eigenvalue weighted by Gasteiger charge is 2.32. The number of aliphatic hydroxyl groups is 1. The summed E-state index contributed by atoms with van der Waals surface area (Å²) in [7, 11) is 0. The predicted molar refractivity (Wildman–Crippen MR) is 90.9 cm³/mol. The van der Waals surface area contributed by atoms with E-state index in [0.29, 0.717) is 25.1 Å². The summed E-state index contributed by atoms with van der Waals surface area (Å²) in [6.07, 6.45) is 3.23. The number of nitrogens with zero attached hydrogens (tertiary/aromatic N) is 1. The molecule has 1 aliphatic heterocycles. The van der Waals surface area contributed by atoms with Crippen LogP contribution in [-0.2, 0) is 4.74 Å². The van der Waals surface area contributed by atoms with Crippen LogP contribution >= 0.6 is 0 Å². The third kappa shape index (κ3) is 4.93. The maximum Gasteiger partial charge on any atom is 0.122 e. The van der Waals surface area contributed by atoms with E-state index < -0.39 is 6.10 Å². The molecule has 0 aromatic heterocycles. The van der Waals surface area contributed by atoms with Crippen molar-refractivity contribution >= 4 is 0 Å². The van der Waals surface area contributed by atoms with Crippen LogP contribution in [0.3, 0.4) is 0 Å². The Labute approximate surface area is 139 Å². The van der Waals surface area contributed by atoms with Crippen LogP contribution in [0.25, 0.3) is 0 Å². The van der Waals surface area contributed by atoms with Crippen molar-refractivity contribution in [3.8, 4) is 5.75 Å². The van der Waals surface area contributed by atoms with Gasteiger partial charge in [0.2, 0.25) is 0 Å². The molecule has 1 aromatic carbocycles. The summed E-state index contributed by atoms with van der Waals surface area (Å²) in [6, 6.07) is 6.84. The van der Waals surface area contributed by atoms with Crippen molar-refractivity contribution in [3.63, 3.8) is 0 Å².